The fraction of sp³-hybridized carbons (Fsp3) is 0.429. The summed E-state index contributed by atoms with van der Waals surface area (Å²) in [5.41, 5.74) is 2.56. The molecule has 0 aliphatic heterocycles. The van der Waals surface area contributed by atoms with Crippen molar-refractivity contribution in [2.75, 3.05) is 6.54 Å². The molecule has 0 saturated carbocycles. The topological polar surface area (TPSA) is 12.0 Å². The third-order valence-electron chi connectivity index (χ3n) is 2.60. The molecule has 15 heavy (non-hydrogen) atoms. The van der Waals surface area contributed by atoms with E-state index in [4.69, 9.17) is 0 Å². The van der Waals surface area contributed by atoms with Crippen molar-refractivity contribution in [1.29, 1.82) is 0 Å². The molecule has 0 bridgehead atoms. The summed E-state index contributed by atoms with van der Waals surface area (Å²) in [6, 6.07) is 9.06. The molecule has 1 nitrogen and oxygen atoms in total. The molecule has 0 aliphatic carbocycles. The van der Waals surface area contributed by atoms with Crippen LogP contribution < -0.4 is 5.32 Å². The second-order valence-electron chi connectivity index (χ2n) is 3.79. The third kappa shape index (κ3) is 3.52. The van der Waals surface area contributed by atoms with Gasteiger partial charge in [0, 0.05) is 6.04 Å². The fourth-order valence-electron chi connectivity index (χ4n) is 1.72. The van der Waals surface area contributed by atoms with Crippen LogP contribution in [0.15, 0.2) is 30.8 Å². The van der Waals surface area contributed by atoms with Gasteiger partial charge in [-0.2, -0.15) is 0 Å². The van der Waals surface area contributed by atoms with Crippen molar-refractivity contribution < 1.29 is 0 Å². The molecule has 0 fully saturated rings. The van der Waals surface area contributed by atoms with Crippen molar-refractivity contribution in [3.63, 3.8) is 0 Å². The maximum atomic E-state index is 3.80. The van der Waals surface area contributed by atoms with E-state index in [2.05, 4.69) is 50.0 Å². The molecule has 0 aromatic heterocycles. The van der Waals surface area contributed by atoms with Gasteiger partial charge in [0.1, 0.15) is 0 Å². The molecule has 1 unspecified atom stereocenters. The predicted octanol–water partition coefficient (Wildman–Crippen LogP) is 3.78. The lowest BCUT2D eigenvalue weighted by Gasteiger charge is -2.17. The Morgan fingerprint density at radius 3 is 2.80 bits per heavy atom. The predicted molar refractivity (Wildman–Crippen MR) is 67.9 cm³/mol. The van der Waals surface area contributed by atoms with E-state index < -0.39 is 0 Å². The van der Waals surface area contributed by atoms with Crippen molar-refractivity contribution in [2.24, 2.45) is 0 Å². The molecule has 1 aromatic carbocycles. The summed E-state index contributed by atoms with van der Waals surface area (Å²) in [6.45, 7) is 9.29. The lowest BCUT2D eigenvalue weighted by Crippen LogP contribution is -2.21. The molecule has 1 heteroatoms. The van der Waals surface area contributed by atoms with Crippen LogP contribution in [-0.2, 0) is 0 Å². The van der Waals surface area contributed by atoms with Gasteiger partial charge in [0.2, 0.25) is 0 Å². The largest absolute Gasteiger partial charge is 0.310 e. The molecule has 0 aliphatic rings. The molecule has 1 aromatic rings. The van der Waals surface area contributed by atoms with Crippen LogP contribution in [-0.4, -0.2) is 6.54 Å². The summed E-state index contributed by atoms with van der Waals surface area (Å²) in [5, 5.41) is 3.55. The van der Waals surface area contributed by atoms with Gasteiger partial charge in [-0.15, -0.1) is 0 Å². The Labute approximate surface area is 93.2 Å². The number of nitrogens with one attached hydrogen (secondary N) is 1. The van der Waals surface area contributed by atoms with Gasteiger partial charge in [0.05, 0.1) is 0 Å². The van der Waals surface area contributed by atoms with E-state index >= 15 is 0 Å². The number of rotatable bonds is 6. The molecule has 0 saturated heterocycles. The van der Waals surface area contributed by atoms with Gasteiger partial charge < -0.3 is 5.32 Å². The second kappa shape index (κ2) is 6.41. The zero-order valence-corrected chi connectivity index (χ0v) is 9.79. The SMILES string of the molecule is C=Cc1cccc(C(CC)NCCC)c1. The van der Waals surface area contributed by atoms with E-state index in [1.807, 2.05) is 6.08 Å². The molecule has 0 radical (unpaired) electrons. The Morgan fingerprint density at radius 2 is 2.20 bits per heavy atom. The van der Waals surface area contributed by atoms with Crippen LogP contribution in [0.25, 0.3) is 6.08 Å². The number of hydrogen-bond acceptors (Lipinski definition) is 1. The minimum atomic E-state index is 0.477. The van der Waals surface area contributed by atoms with Crippen LogP contribution in [0.1, 0.15) is 43.9 Å². The monoisotopic (exact) mass is 203 g/mol. The molecule has 1 N–H and O–H groups in total. The Balaban J connectivity index is 2.76. The number of hydrogen-bond donors (Lipinski definition) is 1. The highest BCUT2D eigenvalue weighted by Gasteiger charge is 2.07. The van der Waals surface area contributed by atoms with Crippen molar-refractivity contribution in [1.82, 2.24) is 5.32 Å². The summed E-state index contributed by atoms with van der Waals surface area (Å²) >= 11 is 0. The van der Waals surface area contributed by atoms with Crippen LogP contribution >= 0.6 is 0 Å². The van der Waals surface area contributed by atoms with Crippen molar-refractivity contribution in [3.8, 4) is 0 Å². The highest BCUT2D eigenvalue weighted by molar-refractivity contribution is 5.48. The van der Waals surface area contributed by atoms with Crippen LogP contribution in [0.4, 0.5) is 0 Å². The Bertz CT molecular complexity index is 304. The third-order valence-corrected chi connectivity index (χ3v) is 2.60. The minimum absolute atomic E-state index is 0.477. The quantitative estimate of drug-likeness (QED) is 0.742. The molecule has 0 spiro atoms. The molecule has 82 valence electrons. The summed E-state index contributed by atoms with van der Waals surface area (Å²) in [6.07, 6.45) is 4.20. The summed E-state index contributed by atoms with van der Waals surface area (Å²) < 4.78 is 0. The van der Waals surface area contributed by atoms with E-state index in [1.165, 1.54) is 17.5 Å². The van der Waals surface area contributed by atoms with Gasteiger partial charge in [0.15, 0.2) is 0 Å². The number of benzene rings is 1. The van der Waals surface area contributed by atoms with E-state index in [0.29, 0.717) is 6.04 Å². The highest BCUT2D eigenvalue weighted by atomic mass is 14.9. The average Bonchev–Trinajstić information content (AvgIpc) is 2.30. The molecular formula is C14H21N. The maximum absolute atomic E-state index is 3.80. The molecule has 1 rings (SSSR count). The van der Waals surface area contributed by atoms with Gasteiger partial charge in [-0.25, -0.2) is 0 Å². The van der Waals surface area contributed by atoms with Crippen LogP contribution in [0.2, 0.25) is 0 Å². The zero-order valence-electron chi connectivity index (χ0n) is 9.79. The fourth-order valence-corrected chi connectivity index (χ4v) is 1.72. The maximum Gasteiger partial charge on any atom is 0.0317 e. The van der Waals surface area contributed by atoms with Crippen LogP contribution in [0.5, 0.6) is 0 Å². The first kappa shape index (κ1) is 12.0. The molecule has 0 amide bonds. The first-order valence-electron chi connectivity index (χ1n) is 5.77. The smallest absolute Gasteiger partial charge is 0.0317 e. The van der Waals surface area contributed by atoms with E-state index in [-0.39, 0.29) is 0 Å². The summed E-state index contributed by atoms with van der Waals surface area (Å²) in [7, 11) is 0. The van der Waals surface area contributed by atoms with Crippen molar-refractivity contribution >= 4 is 6.08 Å². The van der Waals surface area contributed by atoms with Crippen LogP contribution in [0, 0.1) is 0 Å². The van der Waals surface area contributed by atoms with E-state index in [9.17, 15) is 0 Å². The summed E-state index contributed by atoms with van der Waals surface area (Å²) in [5.74, 6) is 0. The standard InChI is InChI=1S/C14H21N/c1-4-10-15-14(6-3)13-9-7-8-12(5-2)11-13/h5,7-9,11,14-15H,2,4,6,10H2,1,3H3. The second-order valence-corrected chi connectivity index (χ2v) is 3.79. The lowest BCUT2D eigenvalue weighted by molar-refractivity contribution is 0.518. The Hall–Kier alpha value is -1.08. The van der Waals surface area contributed by atoms with Crippen molar-refractivity contribution in [2.45, 2.75) is 32.7 Å². The lowest BCUT2D eigenvalue weighted by atomic mass is 10.0. The molecule has 1 atom stereocenters. The first-order chi connectivity index (χ1) is 7.31. The zero-order chi connectivity index (χ0) is 11.1. The van der Waals surface area contributed by atoms with Gasteiger partial charge in [-0.05, 0) is 30.5 Å². The Kier molecular flexibility index (Phi) is 5.13. The highest BCUT2D eigenvalue weighted by Crippen LogP contribution is 2.18. The van der Waals surface area contributed by atoms with Gasteiger partial charge >= 0.3 is 0 Å². The van der Waals surface area contributed by atoms with E-state index in [1.54, 1.807) is 0 Å². The summed E-state index contributed by atoms with van der Waals surface area (Å²) in [4.78, 5) is 0. The first-order valence-corrected chi connectivity index (χ1v) is 5.77. The molecular weight excluding hydrogens is 182 g/mol. The minimum Gasteiger partial charge on any atom is -0.310 e. The van der Waals surface area contributed by atoms with Crippen LogP contribution in [0.3, 0.4) is 0 Å². The Morgan fingerprint density at radius 1 is 1.40 bits per heavy atom. The van der Waals surface area contributed by atoms with Crippen molar-refractivity contribution in [3.05, 3.63) is 42.0 Å². The van der Waals surface area contributed by atoms with Gasteiger partial charge in [0.25, 0.3) is 0 Å². The molecule has 0 heterocycles. The normalized spacial score (nSPS) is 12.4. The van der Waals surface area contributed by atoms with Gasteiger partial charge in [-0.3, -0.25) is 0 Å². The van der Waals surface area contributed by atoms with E-state index in [0.717, 1.165) is 13.0 Å². The van der Waals surface area contributed by atoms with Gasteiger partial charge in [-0.1, -0.05) is 50.8 Å². The average molecular weight is 203 g/mol.